The van der Waals surface area contributed by atoms with Gasteiger partial charge in [-0.1, -0.05) is 36.4 Å². The SMILES string of the molecule is O=C(c1ccccc1Br)N(Cc1ccc(F)cc1)Cc1coc2ccccc2c1=O. The highest BCUT2D eigenvalue weighted by atomic mass is 79.9. The lowest BCUT2D eigenvalue weighted by atomic mass is 10.1. The molecule has 4 aromatic rings. The van der Waals surface area contributed by atoms with E-state index in [2.05, 4.69) is 15.9 Å². The molecule has 0 aliphatic heterocycles. The third kappa shape index (κ3) is 4.19. The van der Waals surface area contributed by atoms with Crippen LogP contribution in [0.5, 0.6) is 0 Å². The summed E-state index contributed by atoms with van der Waals surface area (Å²) in [5.41, 5.74) is 1.91. The van der Waals surface area contributed by atoms with Crippen molar-refractivity contribution in [3.63, 3.8) is 0 Å². The molecule has 0 bridgehead atoms. The molecule has 0 radical (unpaired) electrons. The van der Waals surface area contributed by atoms with Crippen LogP contribution in [0.15, 0.2) is 92.7 Å². The molecule has 150 valence electrons. The molecule has 1 amide bonds. The van der Waals surface area contributed by atoms with Crippen LogP contribution in [0.25, 0.3) is 11.0 Å². The number of fused-ring (bicyclic) bond motifs is 1. The van der Waals surface area contributed by atoms with Gasteiger partial charge >= 0.3 is 0 Å². The zero-order valence-electron chi connectivity index (χ0n) is 15.8. The Morgan fingerprint density at radius 3 is 2.40 bits per heavy atom. The Morgan fingerprint density at radius 1 is 0.933 bits per heavy atom. The molecular formula is C24H17BrFNO3. The third-order valence-corrected chi connectivity index (χ3v) is 5.48. The van der Waals surface area contributed by atoms with Gasteiger partial charge in [0.15, 0.2) is 5.43 Å². The van der Waals surface area contributed by atoms with Crippen molar-refractivity contribution in [3.8, 4) is 0 Å². The van der Waals surface area contributed by atoms with Crippen LogP contribution in [0.1, 0.15) is 21.5 Å². The van der Waals surface area contributed by atoms with Crippen LogP contribution >= 0.6 is 15.9 Å². The number of amides is 1. The van der Waals surface area contributed by atoms with E-state index in [4.69, 9.17) is 4.42 Å². The molecular weight excluding hydrogens is 449 g/mol. The minimum Gasteiger partial charge on any atom is -0.464 e. The van der Waals surface area contributed by atoms with Crippen molar-refractivity contribution < 1.29 is 13.6 Å². The summed E-state index contributed by atoms with van der Waals surface area (Å²) in [5, 5.41) is 0.463. The minimum atomic E-state index is -0.349. The van der Waals surface area contributed by atoms with Crippen LogP contribution in [0, 0.1) is 5.82 Å². The maximum atomic E-state index is 13.3. The summed E-state index contributed by atoms with van der Waals surface area (Å²) in [6, 6.07) is 20.0. The van der Waals surface area contributed by atoms with Crippen LogP contribution in [0.3, 0.4) is 0 Å². The number of carbonyl (C=O) groups is 1. The molecule has 0 saturated heterocycles. The summed E-state index contributed by atoms with van der Waals surface area (Å²) in [5.74, 6) is -0.600. The van der Waals surface area contributed by atoms with Crippen molar-refractivity contribution in [2.45, 2.75) is 13.1 Å². The van der Waals surface area contributed by atoms with Crippen molar-refractivity contribution in [3.05, 3.63) is 116 Å². The topological polar surface area (TPSA) is 50.5 Å². The quantitative estimate of drug-likeness (QED) is 0.388. The van der Waals surface area contributed by atoms with E-state index in [9.17, 15) is 14.0 Å². The number of para-hydroxylation sites is 1. The molecule has 0 aliphatic rings. The number of hydrogen-bond acceptors (Lipinski definition) is 3. The van der Waals surface area contributed by atoms with Gasteiger partial charge in [-0.15, -0.1) is 0 Å². The first-order valence-corrected chi connectivity index (χ1v) is 10.1. The zero-order valence-corrected chi connectivity index (χ0v) is 17.4. The molecule has 0 N–H and O–H groups in total. The van der Waals surface area contributed by atoms with Crippen molar-refractivity contribution in [2.24, 2.45) is 0 Å². The van der Waals surface area contributed by atoms with E-state index in [1.807, 2.05) is 6.07 Å². The Labute approximate surface area is 180 Å². The van der Waals surface area contributed by atoms with Crippen LogP contribution in [-0.4, -0.2) is 10.8 Å². The van der Waals surface area contributed by atoms with E-state index < -0.39 is 0 Å². The fourth-order valence-corrected chi connectivity index (χ4v) is 3.70. The largest absolute Gasteiger partial charge is 0.464 e. The summed E-state index contributed by atoms with van der Waals surface area (Å²) in [6.07, 6.45) is 1.40. The lowest BCUT2D eigenvalue weighted by Gasteiger charge is -2.23. The number of benzene rings is 3. The highest BCUT2D eigenvalue weighted by Crippen LogP contribution is 2.21. The molecule has 0 aliphatic carbocycles. The Balaban J connectivity index is 1.72. The predicted octanol–water partition coefficient (Wildman–Crippen LogP) is 5.54. The standard InChI is InChI=1S/C24H17BrFNO3/c25-21-7-3-1-5-19(21)24(29)27(13-16-9-11-18(26)12-10-16)14-17-15-30-22-8-4-2-6-20(22)23(17)28/h1-12,15H,13-14H2. The lowest BCUT2D eigenvalue weighted by Crippen LogP contribution is -2.32. The maximum Gasteiger partial charge on any atom is 0.255 e. The van der Waals surface area contributed by atoms with Crippen LogP contribution in [-0.2, 0) is 13.1 Å². The predicted molar refractivity (Wildman–Crippen MR) is 117 cm³/mol. The Hall–Kier alpha value is -3.25. The summed E-state index contributed by atoms with van der Waals surface area (Å²) in [6.45, 7) is 0.275. The van der Waals surface area contributed by atoms with Gasteiger partial charge in [-0.05, 0) is 57.9 Å². The summed E-state index contributed by atoms with van der Waals surface area (Å²) < 4.78 is 19.6. The second-order valence-corrected chi connectivity index (χ2v) is 7.71. The van der Waals surface area contributed by atoms with Crippen molar-refractivity contribution in [1.29, 1.82) is 0 Å². The van der Waals surface area contributed by atoms with Gasteiger partial charge < -0.3 is 9.32 Å². The number of hydrogen-bond donors (Lipinski definition) is 0. The van der Waals surface area contributed by atoms with E-state index >= 15 is 0 Å². The first kappa shape index (κ1) is 20.0. The minimum absolute atomic E-state index is 0.0602. The van der Waals surface area contributed by atoms with Gasteiger partial charge in [0.25, 0.3) is 5.91 Å². The van der Waals surface area contributed by atoms with Gasteiger partial charge in [0.1, 0.15) is 11.4 Å². The molecule has 0 atom stereocenters. The highest BCUT2D eigenvalue weighted by Gasteiger charge is 2.21. The van der Waals surface area contributed by atoms with Gasteiger partial charge in [0.05, 0.1) is 29.3 Å². The van der Waals surface area contributed by atoms with Gasteiger partial charge in [0.2, 0.25) is 0 Å². The fourth-order valence-electron chi connectivity index (χ4n) is 3.25. The van der Waals surface area contributed by atoms with Crippen LogP contribution in [0.4, 0.5) is 4.39 Å². The molecule has 1 heterocycles. The monoisotopic (exact) mass is 465 g/mol. The number of carbonyl (C=O) groups excluding carboxylic acids is 1. The van der Waals surface area contributed by atoms with E-state index in [0.29, 0.717) is 26.6 Å². The first-order valence-electron chi connectivity index (χ1n) is 9.30. The molecule has 0 fully saturated rings. The van der Waals surface area contributed by atoms with Gasteiger partial charge in [-0.2, -0.15) is 0 Å². The molecule has 1 aromatic heterocycles. The molecule has 6 heteroatoms. The van der Waals surface area contributed by atoms with E-state index in [1.54, 1.807) is 59.5 Å². The van der Waals surface area contributed by atoms with Crippen LogP contribution in [0.2, 0.25) is 0 Å². The summed E-state index contributed by atoms with van der Waals surface area (Å²) in [7, 11) is 0. The molecule has 4 nitrogen and oxygen atoms in total. The number of nitrogens with zero attached hydrogens (tertiary/aromatic N) is 1. The van der Waals surface area contributed by atoms with Gasteiger partial charge in [-0.25, -0.2) is 4.39 Å². The van der Waals surface area contributed by atoms with Gasteiger partial charge in [-0.3, -0.25) is 9.59 Å². The Bertz CT molecular complexity index is 1270. The maximum absolute atomic E-state index is 13.3. The molecule has 4 rings (SSSR count). The average Bonchev–Trinajstić information content (AvgIpc) is 2.76. The number of halogens is 2. The van der Waals surface area contributed by atoms with Crippen molar-refractivity contribution in [2.75, 3.05) is 0 Å². The molecule has 0 spiro atoms. The van der Waals surface area contributed by atoms with E-state index in [0.717, 1.165) is 5.56 Å². The number of rotatable bonds is 5. The second kappa shape index (κ2) is 8.63. The summed E-state index contributed by atoms with van der Waals surface area (Å²) >= 11 is 3.42. The average molecular weight is 466 g/mol. The Morgan fingerprint density at radius 2 is 1.63 bits per heavy atom. The molecule has 0 unspecified atom stereocenters. The molecule has 0 saturated carbocycles. The Kier molecular flexibility index (Phi) is 5.77. The van der Waals surface area contributed by atoms with Crippen LogP contribution < -0.4 is 5.43 Å². The second-order valence-electron chi connectivity index (χ2n) is 6.85. The van der Waals surface area contributed by atoms with Gasteiger partial charge in [0, 0.05) is 11.0 Å². The van der Waals surface area contributed by atoms with E-state index in [-0.39, 0.29) is 30.2 Å². The molecule has 3 aromatic carbocycles. The third-order valence-electron chi connectivity index (χ3n) is 4.79. The van der Waals surface area contributed by atoms with Crippen molar-refractivity contribution >= 4 is 32.8 Å². The molecule has 30 heavy (non-hydrogen) atoms. The first-order chi connectivity index (χ1) is 14.5. The fraction of sp³-hybridized carbons (Fsp3) is 0.0833. The lowest BCUT2D eigenvalue weighted by molar-refractivity contribution is 0.0728. The van der Waals surface area contributed by atoms with E-state index in [1.165, 1.54) is 18.4 Å². The highest BCUT2D eigenvalue weighted by molar-refractivity contribution is 9.10. The smallest absolute Gasteiger partial charge is 0.255 e. The zero-order chi connectivity index (χ0) is 21.1. The normalized spacial score (nSPS) is 10.9. The van der Waals surface area contributed by atoms with Crippen molar-refractivity contribution in [1.82, 2.24) is 4.90 Å². The summed E-state index contributed by atoms with van der Waals surface area (Å²) in [4.78, 5) is 27.8.